The SMILES string of the molecule is CC[C@H]1OC(=O)[C@H](C)[C@@H](O[C@H]2C[C@@](C)(OC)[C@@H](OC(=O)CCNCCNc3cc4c(cc3Cl)N(C3CC3)CC(C(=O)O)C4=O)[C@H](C)O2)[C@H](C)[C@@H](O[C@@H]2O[C@H](C)C[C@H](N(C)C)[C@H]2O)[C@](C)(O)C[C@@H](C)CN(C)[C@H](C)[C@@H](O)[C@]1(C)O. The van der Waals surface area contributed by atoms with Gasteiger partial charge >= 0.3 is 17.9 Å². The molecule has 0 bridgehead atoms. The molecule has 19 atom stereocenters. The lowest BCUT2D eigenvalue weighted by Gasteiger charge is -2.49. The monoisotopic (exact) mass is 1130 g/mol. The van der Waals surface area contributed by atoms with E-state index in [4.69, 9.17) is 44.8 Å². The van der Waals surface area contributed by atoms with Crippen LogP contribution >= 0.6 is 11.6 Å². The third kappa shape index (κ3) is 14.7. The van der Waals surface area contributed by atoms with Crippen LogP contribution in [0.25, 0.3) is 0 Å². The van der Waals surface area contributed by atoms with Crippen LogP contribution in [0.4, 0.5) is 11.4 Å². The average molecular weight is 1130 g/mol. The maximum Gasteiger partial charge on any atom is 0.316 e. The van der Waals surface area contributed by atoms with E-state index in [1.807, 2.05) is 49.7 Å². The van der Waals surface area contributed by atoms with Crippen molar-refractivity contribution in [2.24, 2.45) is 23.7 Å². The Balaban J connectivity index is 1.17. The molecular formula is C56H92ClN5O16. The number of aliphatic carboxylic acids is 1. The van der Waals surface area contributed by atoms with Crippen LogP contribution in [0.2, 0.25) is 5.02 Å². The van der Waals surface area contributed by atoms with Gasteiger partial charge in [0.1, 0.15) is 35.4 Å². The topological polar surface area (TPSA) is 268 Å². The minimum absolute atomic E-state index is 0.00485. The van der Waals surface area contributed by atoms with Gasteiger partial charge in [0.05, 0.1) is 53.1 Å². The third-order valence-electron chi connectivity index (χ3n) is 17.2. The molecule has 21 nitrogen and oxygen atoms in total. The number of hydrogen-bond donors (Lipinski definition) is 7. The number of fused-ring (bicyclic) bond motifs is 1. The van der Waals surface area contributed by atoms with Gasteiger partial charge in [-0.15, -0.1) is 0 Å². The number of carbonyl (C=O) groups is 4. The van der Waals surface area contributed by atoms with E-state index in [1.165, 1.54) is 14.0 Å². The number of nitrogens with zero attached hydrogens (tertiary/aromatic N) is 3. The number of anilines is 2. The first-order valence-corrected chi connectivity index (χ1v) is 28.4. The van der Waals surface area contributed by atoms with Crippen LogP contribution in [0.5, 0.6) is 0 Å². The average Bonchev–Trinajstić information content (AvgIpc) is 4.27. The van der Waals surface area contributed by atoms with Gasteiger partial charge in [0.25, 0.3) is 0 Å². The van der Waals surface area contributed by atoms with E-state index < -0.39 is 120 Å². The summed E-state index contributed by atoms with van der Waals surface area (Å²) < 4.78 is 44.9. The number of rotatable bonds is 17. The molecule has 78 heavy (non-hydrogen) atoms. The van der Waals surface area contributed by atoms with E-state index in [1.54, 1.807) is 60.6 Å². The van der Waals surface area contributed by atoms with Crippen LogP contribution < -0.4 is 15.5 Å². The number of hydrogen-bond acceptors (Lipinski definition) is 20. The molecule has 1 aliphatic carbocycles. The molecule has 0 spiro atoms. The van der Waals surface area contributed by atoms with Gasteiger partial charge < -0.3 is 84.0 Å². The number of carboxylic acid groups (broad SMARTS) is 1. The summed E-state index contributed by atoms with van der Waals surface area (Å²) in [7, 11) is 7.06. The fourth-order valence-corrected chi connectivity index (χ4v) is 12.6. The summed E-state index contributed by atoms with van der Waals surface area (Å²) in [6.45, 7) is 19.0. The van der Waals surface area contributed by atoms with Gasteiger partial charge in [0.15, 0.2) is 24.5 Å². The lowest BCUT2D eigenvalue weighted by molar-refractivity contribution is -0.318. The quantitative estimate of drug-likeness (QED) is 0.0659. The van der Waals surface area contributed by atoms with Crippen molar-refractivity contribution in [3.8, 4) is 0 Å². The van der Waals surface area contributed by atoms with Crippen molar-refractivity contribution in [2.45, 2.75) is 211 Å². The number of esters is 2. The lowest BCUT2D eigenvalue weighted by Crippen LogP contribution is -2.61. The highest BCUT2D eigenvalue weighted by Crippen LogP contribution is 2.44. The summed E-state index contributed by atoms with van der Waals surface area (Å²) in [5.74, 6) is -6.17. The fraction of sp³-hybridized carbons (Fsp3) is 0.821. The first kappa shape index (κ1) is 63.9. The van der Waals surface area contributed by atoms with E-state index in [2.05, 4.69) is 10.6 Å². The minimum atomic E-state index is -1.87. The van der Waals surface area contributed by atoms with E-state index in [0.29, 0.717) is 48.0 Å². The normalized spacial score (nSPS) is 39.7. The molecule has 22 heteroatoms. The molecule has 1 unspecified atom stereocenters. The van der Waals surface area contributed by atoms with Gasteiger partial charge in [0.2, 0.25) is 0 Å². The number of likely N-dealkylation sites (N-methyl/N-ethyl adjacent to an activating group) is 2. The number of benzene rings is 1. The predicted molar refractivity (Wildman–Crippen MR) is 291 cm³/mol. The number of halogens is 1. The second-order valence-electron chi connectivity index (χ2n) is 24.0. The Morgan fingerprint density at radius 3 is 2.23 bits per heavy atom. The van der Waals surface area contributed by atoms with Crippen LogP contribution in [0, 0.1) is 23.7 Å². The molecule has 6 rings (SSSR count). The second-order valence-corrected chi connectivity index (χ2v) is 24.5. The molecule has 444 valence electrons. The molecule has 4 aliphatic heterocycles. The molecule has 0 amide bonds. The van der Waals surface area contributed by atoms with Crippen LogP contribution in [0.3, 0.4) is 0 Å². The van der Waals surface area contributed by atoms with Crippen molar-refractivity contribution in [3.05, 3.63) is 22.7 Å². The number of cyclic esters (lactones) is 1. The molecule has 7 N–H and O–H groups in total. The zero-order chi connectivity index (χ0) is 57.9. The van der Waals surface area contributed by atoms with Gasteiger partial charge in [-0.2, -0.15) is 0 Å². The number of ether oxygens (including phenoxy) is 7. The van der Waals surface area contributed by atoms with Crippen LogP contribution in [-0.4, -0.2) is 216 Å². The van der Waals surface area contributed by atoms with Gasteiger partial charge in [-0.05, 0) is 120 Å². The molecule has 1 aromatic rings. The lowest BCUT2D eigenvalue weighted by atomic mass is 9.77. The molecule has 0 radical (unpaired) electrons. The van der Waals surface area contributed by atoms with E-state index in [0.717, 1.165) is 12.8 Å². The fourth-order valence-electron chi connectivity index (χ4n) is 12.4. The maximum absolute atomic E-state index is 14.6. The molecule has 0 aromatic heterocycles. The maximum atomic E-state index is 14.6. The number of ketones is 1. The summed E-state index contributed by atoms with van der Waals surface area (Å²) in [4.78, 5) is 59.1. The van der Waals surface area contributed by atoms with Crippen molar-refractivity contribution in [2.75, 3.05) is 71.2 Å². The highest BCUT2D eigenvalue weighted by Gasteiger charge is 2.54. The number of nitrogens with one attached hydrogen (secondary N) is 2. The highest BCUT2D eigenvalue weighted by molar-refractivity contribution is 6.34. The number of methoxy groups -OCH3 is 1. The van der Waals surface area contributed by atoms with E-state index >= 15 is 0 Å². The number of aliphatic hydroxyl groups is 4. The third-order valence-corrected chi connectivity index (χ3v) is 17.5. The van der Waals surface area contributed by atoms with Crippen LogP contribution in [0.15, 0.2) is 12.1 Å². The van der Waals surface area contributed by atoms with Crippen molar-refractivity contribution in [1.82, 2.24) is 15.1 Å². The number of carbonyl (C=O) groups excluding carboxylic acids is 3. The molecule has 1 aromatic carbocycles. The molecule has 3 saturated heterocycles. The van der Waals surface area contributed by atoms with E-state index in [-0.39, 0.29) is 62.9 Å². The van der Waals surface area contributed by atoms with Crippen molar-refractivity contribution >= 4 is 46.7 Å². The Bertz CT molecular complexity index is 2220. The Morgan fingerprint density at radius 1 is 0.936 bits per heavy atom. The summed E-state index contributed by atoms with van der Waals surface area (Å²) in [5.41, 5.74) is -3.21. The Morgan fingerprint density at radius 2 is 1.62 bits per heavy atom. The Kier molecular flexibility index (Phi) is 21.5. The molecule has 5 aliphatic rings. The first-order valence-electron chi connectivity index (χ1n) is 28.0. The molecular weight excluding hydrogens is 1030 g/mol. The highest BCUT2D eigenvalue weighted by atomic mass is 35.5. The largest absolute Gasteiger partial charge is 0.481 e. The van der Waals surface area contributed by atoms with Crippen molar-refractivity contribution in [1.29, 1.82) is 0 Å². The minimum Gasteiger partial charge on any atom is -0.481 e. The van der Waals surface area contributed by atoms with Gasteiger partial charge in [-0.25, -0.2) is 0 Å². The smallest absolute Gasteiger partial charge is 0.316 e. The summed E-state index contributed by atoms with van der Waals surface area (Å²) in [5, 5.41) is 64.8. The summed E-state index contributed by atoms with van der Waals surface area (Å²) in [6.07, 6.45) is -7.33. The Labute approximate surface area is 466 Å². The van der Waals surface area contributed by atoms with Gasteiger partial charge in [0, 0.05) is 81.5 Å². The first-order chi connectivity index (χ1) is 36.5. The molecule has 4 fully saturated rings. The predicted octanol–water partition coefficient (Wildman–Crippen LogP) is 4.06. The van der Waals surface area contributed by atoms with Gasteiger partial charge in [-0.3, -0.25) is 19.2 Å². The van der Waals surface area contributed by atoms with Crippen molar-refractivity contribution in [3.63, 3.8) is 0 Å². The number of aliphatic hydroxyl groups excluding tert-OH is 2. The van der Waals surface area contributed by atoms with Crippen LogP contribution in [-0.2, 0) is 47.5 Å². The zero-order valence-corrected chi connectivity index (χ0v) is 49.2. The molecule has 4 heterocycles. The molecule has 1 saturated carbocycles. The number of Topliss-reactive ketones (excluding diaryl/α,β-unsaturated/α-hetero) is 1. The Hall–Kier alpha value is -3.29. The number of carboxylic acids is 1. The van der Waals surface area contributed by atoms with Gasteiger partial charge in [-0.1, -0.05) is 32.4 Å². The van der Waals surface area contributed by atoms with Crippen molar-refractivity contribution < 1.29 is 77.9 Å². The summed E-state index contributed by atoms with van der Waals surface area (Å²) in [6, 6.07) is 2.61. The van der Waals surface area contributed by atoms with Crippen LogP contribution in [0.1, 0.15) is 125 Å². The summed E-state index contributed by atoms with van der Waals surface area (Å²) >= 11 is 6.66. The zero-order valence-electron chi connectivity index (χ0n) is 48.4. The van der Waals surface area contributed by atoms with E-state index in [9.17, 15) is 44.7 Å². The standard InChI is InChI=1S/C56H92ClN5O16/c1-15-42-56(10,71)48(66)33(6)61(13)27-29(2)25-54(8,70)49(78-53-46(65)41(60(11)12)22-30(3)73-53)31(4)47(32(5)52(69)75-42)77-44-26-55(9,72-14)50(34(7)74-44)76-43(63)18-19-58-20-21-59-39-23-36-40(24-38(39)57)62(35-16-17-35)28-37(45(36)64)51(67)68/h23-24,29-35,37,41-42,44,46-50,53,58-59,65-66,70-71H,15-22,25-28H2,1-14H3,(H,67,68)/t29-,30-,31+,32-,33-,34+,37?,41+,42-,44+,46-,47+,48-,49-,50+,53+,54-,55-,56-/m1/s1. The second kappa shape index (κ2) is 26.3.